The van der Waals surface area contributed by atoms with E-state index in [9.17, 15) is 0 Å². The predicted molar refractivity (Wildman–Crippen MR) is 44.6 cm³/mol. The zero-order chi connectivity index (χ0) is 7.56. The van der Waals surface area contributed by atoms with E-state index in [0.717, 1.165) is 12.8 Å². The molecular weight excluding hydrogens is 122 g/mol. The molecule has 1 aliphatic rings. The van der Waals surface area contributed by atoms with Gasteiger partial charge in [0.15, 0.2) is 0 Å². The third kappa shape index (κ3) is 1.05. The van der Waals surface area contributed by atoms with Crippen molar-refractivity contribution in [3.8, 4) is 0 Å². The molecule has 1 unspecified atom stereocenters. The molecule has 10 heavy (non-hydrogen) atoms. The van der Waals surface area contributed by atoms with Crippen LogP contribution in [-0.2, 0) is 0 Å². The lowest BCUT2D eigenvalue weighted by Gasteiger charge is -2.02. The molecule has 1 nitrogen and oxygen atoms in total. The molecule has 0 bridgehead atoms. The molecule has 0 spiro atoms. The summed E-state index contributed by atoms with van der Waals surface area (Å²) < 4.78 is 0. The minimum Gasteiger partial charge on any atom is -0.324 e. The first-order valence-electron chi connectivity index (χ1n) is 3.53. The fourth-order valence-corrected chi connectivity index (χ4v) is 1.35. The van der Waals surface area contributed by atoms with Gasteiger partial charge in [0, 0.05) is 6.04 Å². The van der Waals surface area contributed by atoms with Gasteiger partial charge in [-0.1, -0.05) is 25.3 Å². The van der Waals surface area contributed by atoms with Crippen molar-refractivity contribution in [1.29, 1.82) is 0 Å². The number of rotatable bonds is 2. The molecule has 0 saturated heterocycles. The van der Waals surface area contributed by atoms with E-state index in [1.807, 2.05) is 12.2 Å². The summed E-state index contributed by atoms with van der Waals surface area (Å²) >= 11 is 0. The molecule has 1 rings (SSSR count). The minimum atomic E-state index is 0.200. The van der Waals surface area contributed by atoms with Gasteiger partial charge in [-0.2, -0.15) is 0 Å². The van der Waals surface area contributed by atoms with Crippen molar-refractivity contribution in [1.82, 2.24) is 0 Å². The van der Waals surface area contributed by atoms with Crippen LogP contribution in [0, 0.1) is 0 Å². The lowest BCUT2D eigenvalue weighted by molar-refractivity contribution is 0.760. The van der Waals surface area contributed by atoms with Crippen molar-refractivity contribution in [2.45, 2.75) is 18.9 Å². The number of allylic oxidation sites excluding steroid dienone is 2. The van der Waals surface area contributed by atoms with Crippen LogP contribution in [0.15, 0.2) is 36.5 Å². The lowest BCUT2D eigenvalue weighted by atomic mass is 10.1. The van der Waals surface area contributed by atoms with Gasteiger partial charge in [-0.25, -0.2) is 0 Å². The van der Waals surface area contributed by atoms with Gasteiger partial charge < -0.3 is 5.73 Å². The Labute approximate surface area is 61.9 Å². The Morgan fingerprint density at radius 2 is 2.10 bits per heavy atom. The fraction of sp³-hybridized carbons (Fsp3) is 0.333. The molecule has 0 aromatic rings. The smallest absolute Gasteiger partial charge is 0.0300 e. The molecule has 0 aromatic carbocycles. The van der Waals surface area contributed by atoms with Crippen LogP contribution in [0.5, 0.6) is 0 Å². The summed E-state index contributed by atoms with van der Waals surface area (Å²) in [5.74, 6) is 0. The van der Waals surface area contributed by atoms with Crippen LogP contribution in [0.3, 0.4) is 0 Å². The maximum absolute atomic E-state index is 5.78. The quantitative estimate of drug-likeness (QED) is 0.613. The topological polar surface area (TPSA) is 26.0 Å². The van der Waals surface area contributed by atoms with Crippen molar-refractivity contribution in [3.63, 3.8) is 0 Å². The Morgan fingerprint density at radius 1 is 1.40 bits per heavy atom. The molecule has 1 atom stereocenters. The number of hydrogen-bond acceptors (Lipinski definition) is 1. The third-order valence-electron chi connectivity index (χ3n) is 1.96. The molecule has 0 fully saturated rings. The van der Waals surface area contributed by atoms with Gasteiger partial charge in [0.25, 0.3) is 0 Å². The standard InChI is InChI=1S/C9H13N/c1-3-7-5-6-9(10)8(7)4-2/h3-4,9H,1-2,5-6,10H2. The SMILES string of the molecule is C=CC1=C(C=C)C(N)CC1. The molecule has 0 saturated carbocycles. The fourth-order valence-electron chi connectivity index (χ4n) is 1.35. The molecular formula is C9H13N. The van der Waals surface area contributed by atoms with Crippen molar-refractivity contribution < 1.29 is 0 Å². The summed E-state index contributed by atoms with van der Waals surface area (Å²) in [6, 6.07) is 0.200. The molecule has 0 aliphatic heterocycles. The van der Waals surface area contributed by atoms with Crippen LogP contribution in [0.1, 0.15) is 12.8 Å². The highest BCUT2D eigenvalue weighted by molar-refractivity contribution is 5.38. The zero-order valence-electron chi connectivity index (χ0n) is 6.14. The predicted octanol–water partition coefficient (Wildman–Crippen LogP) is 1.78. The number of hydrogen-bond donors (Lipinski definition) is 1. The van der Waals surface area contributed by atoms with Crippen LogP contribution in [-0.4, -0.2) is 6.04 Å². The molecule has 0 aromatic heterocycles. The van der Waals surface area contributed by atoms with Crippen LogP contribution in [0.4, 0.5) is 0 Å². The first kappa shape index (κ1) is 7.29. The Bertz CT molecular complexity index is 189. The van der Waals surface area contributed by atoms with Gasteiger partial charge in [0.05, 0.1) is 0 Å². The lowest BCUT2D eigenvalue weighted by Crippen LogP contribution is -2.17. The van der Waals surface area contributed by atoms with Gasteiger partial charge in [-0.3, -0.25) is 0 Å². The summed E-state index contributed by atoms with van der Waals surface area (Å²) in [6.07, 6.45) is 5.83. The molecule has 1 aliphatic carbocycles. The Kier molecular flexibility index (Phi) is 2.07. The van der Waals surface area contributed by atoms with Gasteiger partial charge in [-0.05, 0) is 24.0 Å². The van der Waals surface area contributed by atoms with E-state index in [2.05, 4.69) is 13.2 Å². The van der Waals surface area contributed by atoms with Crippen molar-refractivity contribution in [2.75, 3.05) is 0 Å². The first-order chi connectivity index (χ1) is 4.79. The highest BCUT2D eigenvalue weighted by atomic mass is 14.6. The molecule has 2 N–H and O–H groups in total. The van der Waals surface area contributed by atoms with Gasteiger partial charge in [0.2, 0.25) is 0 Å². The van der Waals surface area contributed by atoms with E-state index in [-0.39, 0.29) is 6.04 Å². The van der Waals surface area contributed by atoms with Gasteiger partial charge in [-0.15, -0.1) is 0 Å². The summed E-state index contributed by atoms with van der Waals surface area (Å²) in [7, 11) is 0. The summed E-state index contributed by atoms with van der Waals surface area (Å²) in [5, 5.41) is 0. The van der Waals surface area contributed by atoms with Crippen molar-refractivity contribution in [3.05, 3.63) is 36.5 Å². The van der Waals surface area contributed by atoms with Crippen LogP contribution < -0.4 is 5.73 Å². The minimum absolute atomic E-state index is 0.200. The van der Waals surface area contributed by atoms with E-state index >= 15 is 0 Å². The van der Waals surface area contributed by atoms with Gasteiger partial charge in [0.1, 0.15) is 0 Å². The van der Waals surface area contributed by atoms with E-state index in [1.54, 1.807) is 0 Å². The van der Waals surface area contributed by atoms with Gasteiger partial charge >= 0.3 is 0 Å². The summed E-state index contributed by atoms with van der Waals surface area (Å²) in [6.45, 7) is 7.42. The third-order valence-corrected chi connectivity index (χ3v) is 1.96. The van der Waals surface area contributed by atoms with Crippen LogP contribution in [0.2, 0.25) is 0 Å². The maximum Gasteiger partial charge on any atom is 0.0300 e. The molecule has 1 heteroatoms. The number of nitrogens with two attached hydrogens (primary N) is 1. The highest BCUT2D eigenvalue weighted by Gasteiger charge is 2.17. The van der Waals surface area contributed by atoms with Crippen LogP contribution in [0.25, 0.3) is 0 Å². The van der Waals surface area contributed by atoms with E-state index in [1.165, 1.54) is 11.1 Å². The second kappa shape index (κ2) is 2.84. The van der Waals surface area contributed by atoms with Crippen LogP contribution >= 0.6 is 0 Å². The zero-order valence-corrected chi connectivity index (χ0v) is 6.14. The molecule has 54 valence electrons. The first-order valence-corrected chi connectivity index (χ1v) is 3.53. The van der Waals surface area contributed by atoms with Crippen molar-refractivity contribution >= 4 is 0 Å². The highest BCUT2D eigenvalue weighted by Crippen LogP contribution is 2.25. The van der Waals surface area contributed by atoms with E-state index < -0.39 is 0 Å². The molecule has 0 amide bonds. The second-order valence-electron chi connectivity index (χ2n) is 2.53. The molecule has 0 radical (unpaired) electrons. The normalized spacial score (nSPS) is 25.1. The second-order valence-corrected chi connectivity index (χ2v) is 2.53. The monoisotopic (exact) mass is 135 g/mol. The maximum atomic E-state index is 5.78. The Morgan fingerprint density at radius 3 is 2.50 bits per heavy atom. The van der Waals surface area contributed by atoms with E-state index in [0.29, 0.717) is 0 Å². The largest absolute Gasteiger partial charge is 0.324 e. The summed E-state index contributed by atoms with van der Waals surface area (Å²) in [4.78, 5) is 0. The summed E-state index contributed by atoms with van der Waals surface area (Å²) in [5.41, 5.74) is 8.22. The average Bonchev–Trinajstić information content (AvgIpc) is 2.30. The molecule has 0 heterocycles. The van der Waals surface area contributed by atoms with E-state index in [4.69, 9.17) is 5.73 Å². The Hall–Kier alpha value is -0.820. The van der Waals surface area contributed by atoms with Crippen molar-refractivity contribution in [2.24, 2.45) is 5.73 Å². The Balaban J connectivity index is 2.91. The average molecular weight is 135 g/mol.